The Bertz CT molecular complexity index is 1180. The van der Waals surface area contributed by atoms with Gasteiger partial charge in [0.25, 0.3) is 5.56 Å². The van der Waals surface area contributed by atoms with Gasteiger partial charge >= 0.3 is 11.7 Å². The lowest BCUT2D eigenvalue weighted by Gasteiger charge is -2.32. The Hall–Kier alpha value is -2.30. The zero-order valence-corrected chi connectivity index (χ0v) is 32.2. The number of esters is 1. The predicted molar refractivity (Wildman–Crippen MR) is 203 cm³/mol. The van der Waals surface area contributed by atoms with E-state index in [4.69, 9.17) is 9.47 Å². The van der Waals surface area contributed by atoms with E-state index in [9.17, 15) is 29.4 Å². The third-order valence-electron chi connectivity index (χ3n) is 10.4. The fourth-order valence-corrected chi connectivity index (χ4v) is 7.25. The van der Waals surface area contributed by atoms with Gasteiger partial charge in [-0.1, -0.05) is 168 Å². The molecule has 2 heterocycles. The van der Waals surface area contributed by atoms with Crippen LogP contribution in [0.25, 0.3) is 0 Å². The first kappa shape index (κ1) is 44.9. The molecule has 0 bridgehead atoms. The van der Waals surface area contributed by atoms with Gasteiger partial charge < -0.3 is 19.7 Å². The molecule has 294 valence electrons. The van der Waals surface area contributed by atoms with Crippen molar-refractivity contribution in [2.24, 2.45) is 0 Å². The molecule has 10 heteroatoms. The lowest BCUT2D eigenvalue weighted by atomic mass is 9.86. The van der Waals surface area contributed by atoms with Gasteiger partial charge in [0.05, 0.1) is 6.61 Å². The molecule has 1 aliphatic heterocycles. The zero-order valence-electron chi connectivity index (χ0n) is 32.2. The average molecular weight is 721 g/mol. The van der Waals surface area contributed by atoms with E-state index in [1.54, 1.807) is 0 Å². The molecule has 1 aromatic heterocycles. The van der Waals surface area contributed by atoms with Crippen LogP contribution in [-0.2, 0) is 19.1 Å². The Morgan fingerprint density at radius 2 is 1.12 bits per heavy atom. The summed E-state index contributed by atoms with van der Waals surface area (Å²) in [6, 6.07) is 1.09. The summed E-state index contributed by atoms with van der Waals surface area (Å²) < 4.78 is 12.5. The molecular formula is C41H72N2O8. The number of unbranched alkanes of at least 4 members (excludes halogenated alkanes) is 24. The maximum Gasteiger partial charge on any atom is 0.330 e. The number of nitrogens with zero attached hydrogens (tertiary/aromatic N) is 1. The van der Waals surface area contributed by atoms with E-state index in [1.807, 2.05) is 0 Å². The molecule has 1 saturated heterocycles. The number of aliphatic hydroxyl groups excluding tert-OH is 1. The number of hydrogen-bond acceptors (Lipinski definition) is 8. The van der Waals surface area contributed by atoms with E-state index < -0.39 is 53.6 Å². The van der Waals surface area contributed by atoms with E-state index >= 15 is 0 Å². The number of aliphatic hydroxyl groups is 2. The monoisotopic (exact) mass is 721 g/mol. The first-order valence-corrected chi connectivity index (χ1v) is 20.8. The Morgan fingerprint density at radius 1 is 0.706 bits per heavy atom. The van der Waals surface area contributed by atoms with Crippen LogP contribution in [0.5, 0.6) is 0 Å². The van der Waals surface area contributed by atoms with Gasteiger partial charge in [-0.05, 0) is 12.8 Å². The van der Waals surface area contributed by atoms with E-state index in [0.717, 1.165) is 61.8 Å². The van der Waals surface area contributed by atoms with Crippen LogP contribution in [0.2, 0.25) is 0 Å². The Balaban J connectivity index is 1.85. The second-order valence-electron chi connectivity index (χ2n) is 14.9. The van der Waals surface area contributed by atoms with Crippen molar-refractivity contribution in [3.8, 4) is 0 Å². The van der Waals surface area contributed by atoms with E-state index in [-0.39, 0.29) is 12.8 Å². The van der Waals surface area contributed by atoms with Crippen molar-refractivity contribution >= 4 is 11.8 Å². The van der Waals surface area contributed by atoms with Crippen molar-refractivity contribution in [2.45, 2.75) is 218 Å². The summed E-state index contributed by atoms with van der Waals surface area (Å²) in [5, 5.41) is 22.2. The molecule has 1 fully saturated rings. The van der Waals surface area contributed by atoms with Crippen LogP contribution in [0, 0.1) is 0 Å². The summed E-state index contributed by atoms with van der Waals surface area (Å²) in [5.74, 6) is -1.21. The largest absolute Gasteiger partial charge is 0.456 e. The normalized spacial score (nSPS) is 20.2. The highest BCUT2D eigenvalue weighted by molar-refractivity contribution is 5.89. The number of hydrogen-bond donors (Lipinski definition) is 3. The van der Waals surface area contributed by atoms with Crippen LogP contribution in [0.1, 0.15) is 200 Å². The van der Waals surface area contributed by atoms with Crippen LogP contribution < -0.4 is 11.2 Å². The summed E-state index contributed by atoms with van der Waals surface area (Å²) in [7, 11) is 0. The number of aromatic nitrogens is 2. The molecule has 51 heavy (non-hydrogen) atoms. The topological polar surface area (TPSA) is 148 Å². The molecule has 10 nitrogen and oxygen atoms in total. The summed E-state index contributed by atoms with van der Waals surface area (Å²) in [6.45, 7) is 3.83. The molecular weight excluding hydrogens is 648 g/mol. The molecule has 0 aromatic carbocycles. The summed E-state index contributed by atoms with van der Waals surface area (Å²) in [6.07, 6.45) is 27.1. The van der Waals surface area contributed by atoms with Crippen LogP contribution in [-0.4, -0.2) is 55.9 Å². The Morgan fingerprint density at radius 3 is 1.53 bits per heavy atom. The van der Waals surface area contributed by atoms with E-state index in [1.165, 1.54) is 109 Å². The summed E-state index contributed by atoms with van der Waals surface area (Å²) >= 11 is 0. The van der Waals surface area contributed by atoms with Gasteiger partial charge in [-0.3, -0.25) is 23.9 Å². The van der Waals surface area contributed by atoms with Crippen molar-refractivity contribution in [1.82, 2.24) is 9.55 Å². The molecule has 4 atom stereocenters. The standard InChI is InChI=1S/C41H72N2O8/c1-3-5-7-9-11-13-15-17-19-21-23-25-27-29-35(45)41(49)38(34(33-44)50-39(41)43-32-31-36(46)42-40(43)48)51-37(47)30-28-26-24-22-20-18-16-14-12-10-8-6-4-2/h31-32,34,38-39,44,49H,3-30,33H2,1-2H3,(H,42,46,48)/t34-,38-,39-,41-/m1/s1. The molecule has 0 aliphatic carbocycles. The average Bonchev–Trinajstić information content (AvgIpc) is 3.40. The van der Waals surface area contributed by atoms with Crippen LogP contribution in [0.15, 0.2) is 21.9 Å². The van der Waals surface area contributed by atoms with Crippen molar-refractivity contribution in [3.63, 3.8) is 0 Å². The maximum absolute atomic E-state index is 13.8. The minimum Gasteiger partial charge on any atom is -0.456 e. The number of rotatable bonds is 32. The van der Waals surface area contributed by atoms with Gasteiger partial charge in [-0.15, -0.1) is 0 Å². The van der Waals surface area contributed by atoms with Crippen molar-refractivity contribution < 1.29 is 29.3 Å². The molecule has 2 rings (SSSR count). The van der Waals surface area contributed by atoms with Crippen molar-refractivity contribution in [2.75, 3.05) is 6.61 Å². The fraction of sp³-hybridized carbons (Fsp3) is 0.854. The molecule has 0 amide bonds. The van der Waals surface area contributed by atoms with Gasteiger partial charge in [0.1, 0.15) is 6.10 Å². The van der Waals surface area contributed by atoms with Crippen LogP contribution >= 0.6 is 0 Å². The van der Waals surface area contributed by atoms with Gasteiger partial charge in [0.15, 0.2) is 18.1 Å². The number of carbonyl (C=O) groups is 2. The first-order chi connectivity index (χ1) is 24.8. The van der Waals surface area contributed by atoms with Crippen LogP contribution in [0.4, 0.5) is 0 Å². The molecule has 0 radical (unpaired) electrons. The smallest absolute Gasteiger partial charge is 0.330 e. The second kappa shape index (κ2) is 27.3. The summed E-state index contributed by atoms with van der Waals surface area (Å²) in [4.78, 5) is 53.4. The minimum absolute atomic E-state index is 0.00270. The van der Waals surface area contributed by atoms with Gasteiger partial charge in [-0.25, -0.2) is 4.79 Å². The van der Waals surface area contributed by atoms with Crippen molar-refractivity contribution in [1.29, 1.82) is 0 Å². The van der Waals surface area contributed by atoms with Gasteiger partial charge in [0, 0.05) is 25.1 Å². The number of Topliss-reactive ketones (excluding diaryl/α,β-unsaturated/α-hetero) is 1. The summed E-state index contributed by atoms with van der Waals surface area (Å²) in [5.41, 5.74) is -3.94. The number of nitrogens with one attached hydrogen (secondary N) is 1. The number of carbonyl (C=O) groups excluding carboxylic acids is 2. The third-order valence-corrected chi connectivity index (χ3v) is 10.4. The lowest BCUT2D eigenvalue weighted by Crippen LogP contribution is -2.56. The highest BCUT2D eigenvalue weighted by Gasteiger charge is 2.63. The zero-order chi connectivity index (χ0) is 37.2. The quantitative estimate of drug-likeness (QED) is 0.0495. The minimum atomic E-state index is -2.42. The molecule has 1 aliphatic rings. The Kier molecular flexibility index (Phi) is 24.0. The number of ether oxygens (including phenoxy) is 2. The van der Waals surface area contributed by atoms with E-state index in [2.05, 4.69) is 18.8 Å². The number of aromatic amines is 1. The predicted octanol–water partition coefficient (Wildman–Crippen LogP) is 8.60. The van der Waals surface area contributed by atoms with Crippen molar-refractivity contribution in [3.05, 3.63) is 33.1 Å². The first-order valence-electron chi connectivity index (χ1n) is 20.8. The molecule has 3 N–H and O–H groups in total. The molecule has 0 saturated carbocycles. The second-order valence-corrected chi connectivity index (χ2v) is 14.9. The molecule has 1 aromatic rings. The van der Waals surface area contributed by atoms with E-state index in [0.29, 0.717) is 12.8 Å². The Labute approximate surface area is 307 Å². The maximum atomic E-state index is 13.8. The fourth-order valence-electron chi connectivity index (χ4n) is 7.25. The van der Waals surface area contributed by atoms with Crippen LogP contribution in [0.3, 0.4) is 0 Å². The SMILES string of the molecule is CCCCCCCCCCCCCCCC(=O)O[C@@H]1[C@@H](CO)O[C@@H](n2ccc(=O)[nH]c2=O)[C@@]1(O)C(=O)CCCCCCCCCCCCCCC. The highest BCUT2D eigenvalue weighted by Crippen LogP contribution is 2.41. The molecule has 0 unspecified atom stereocenters. The third kappa shape index (κ3) is 16.9. The number of ketones is 1. The molecule has 0 spiro atoms. The van der Waals surface area contributed by atoms with Gasteiger partial charge in [0.2, 0.25) is 5.60 Å². The number of H-pyrrole nitrogens is 1. The highest BCUT2D eigenvalue weighted by atomic mass is 16.6. The van der Waals surface area contributed by atoms with Gasteiger partial charge in [-0.2, -0.15) is 0 Å². The lowest BCUT2D eigenvalue weighted by molar-refractivity contribution is -0.173.